The topological polar surface area (TPSA) is 76.7 Å². The molecule has 0 radical (unpaired) electrons. The lowest BCUT2D eigenvalue weighted by Gasteiger charge is -2.24. The van der Waals surface area contributed by atoms with Crippen molar-refractivity contribution in [1.82, 2.24) is 0 Å². The highest BCUT2D eigenvalue weighted by atomic mass is 16.6. The first kappa shape index (κ1) is 12.8. The van der Waals surface area contributed by atoms with Crippen LogP contribution in [0.5, 0.6) is 11.5 Å². The normalized spacial score (nSPS) is 15.6. The van der Waals surface area contributed by atoms with Crippen molar-refractivity contribution in [3.05, 3.63) is 12.1 Å². The number of aliphatic hydroxyl groups excluding tert-OH is 1. The van der Waals surface area contributed by atoms with Gasteiger partial charge in [-0.15, -0.1) is 0 Å². The molecule has 1 aliphatic rings. The van der Waals surface area contributed by atoms with Gasteiger partial charge in [0.25, 0.3) is 0 Å². The minimum absolute atomic E-state index is 0.0325. The fraction of sp³-hybridized carbons (Fsp3) is 0.538. The molecule has 2 rings (SSSR count). The smallest absolute Gasteiger partial charge is 0.163 e. The zero-order valence-corrected chi connectivity index (χ0v) is 10.8. The number of fused-ring (bicyclic) bond motifs is 1. The summed E-state index contributed by atoms with van der Waals surface area (Å²) in [4.78, 5) is 0. The summed E-state index contributed by atoms with van der Waals surface area (Å²) in [6, 6.07) is 3.55. The molecular formula is C13H20N2O3. The Morgan fingerprint density at radius 3 is 2.44 bits per heavy atom. The molecule has 1 aromatic carbocycles. The monoisotopic (exact) mass is 252 g/mol. The Morgan fingerprint density at radius 1 is 1.28 bits per heavy atom. The molecule has 5 nitrogen and oxygen atoms in total. The first-order chi connectivity index (χ1) is 8.61. The summed E-state index contributed by atoms with van der Waals surface area (Å²) in [5.74, 6) is 1.68. The van der Waals surface area contributed by atoms with E-state index in [4.69, 9.17) is 15.2 Å². The molecule has 4 N–H and O–H groups in total. The molecule has 1 aromatic rings. The van der Waals surface area contributed by atoms with Gasteiger partial charge in [-0.25, -0.2) is 0 Å². The molecule has 0 saturated heterocycles. The molecule has 5 heteroatoms. The molecule has 0 saturated carbocycles. The lowest BCUT2D eigenvalue weighted by atomic mass is 10.0. The molecule has 0 fully saturated rings. The first-order valence-electron chi connectivity index (χ1n) is 6.18. The number of ether oxygens (including phenoxy) is 2. The van der Waals surface area contributed by atoms with Gasteiger partial charge in [-0.05, 0) is 5.92 Å². The predicted molar refractivity (Wildman–Crippen MR) is 71.2 cm³/mol. The number of hydrogen-bond donors (Lipinski definition) is 3. The summed E-state index contributed by atoms with van der Waals surface area (Å²) in [5.41, 5.74) is 7.33. The number of nitrogen functional groups attached to an aromatic ring is 1. The lowest BCUT2D eigenvalue weighted by molar-refractivity contribution is 0.172. The van der Waals surface area contributed by atoms with Crippen molar-refractivity contribution in [3.63, 3.8) is 0 Å². The second-order valence-corrected chi connectivity index (χ2v) is 4.76. The van der Waals surface area contributed by atoms with E-state index >= 15 is 0 Å². The van der Waals surface area contributed by atoms with E-state index in [0.29, 0.717) is 36.3 Å². The fourth-order valence-corrected chi connectivity index (χ4v) is 1.85. The highest BCUT2D eigenvalue weighted by Gasteiger charge is 2.18. The van der Waals surface area contributed by atoms with Crippen LogP contribution in [-0.4, -0.2) is 31.0 Å². The van der Waals surface area contributed by atoms with Crippen molar-refractivity contribution in [3.8, 4) is 11.5 Å². The van der Waals surface area contributed by atoms with Crippen LogP contribution in [0.4, 0.5) is 11.4 Å². The van der Waals surface area contributed by atoms with E-state index in [9.17, 15) is 5.11 Å². The molecule has 0 aliphatic carbocycles. The van der Waals surface area contributed by atoms with Crippen LogP contribution < -0.4 is 20.5 Å². The zero-order valence-electron chi connectivity index (χ0n) is 10.8. The van der Waals surface area contributed by atoms with Gasteiger partial charge in [0.05, 0.1) is 24.0 Å². The van der Waals surface area contributed by atoms with Crippen LogP contribution in [0.1, 0.15) is 13.8 Å². The highest BCUT2D eigenvalue weighted by Crippen LogP contribution is 2.37. The van der Waals surface area contributed by atoms with Gasteiger partial charge in [0.2, 0.25) is 0 Å². The van der Waals surface area contributed by atoms with Crippen molar-refractivity contribution in [2.24, 2.45) is 5.92 Å². The maximum Gasteiger partial charge on any atom is 0.163 e. The van der Waals surface area contributed by atoms with E-state index in [0.717, 1.165) is 5.69 Å². The fourth-order valence-electron chi connectivity index (χ4n) is 1.85. The van der Waals surface area contributed by atoms with Crippen LogP contribution in [0.15, 0.2) is 12.1 Å². The number of aliphatic hydroxyl groups is 1. The van der Waals surface area contributed by atoms with Gasteiger partial charge in [-0.2, -0.15) is 0 Å². The van der Waals surface area contributed by atoms with Gasteiger partial charge in [0, 0.05) is 12.1 Å². The summed E-state index contributed by atoms with van der Waals surface area (Å²) in [6.07, 6.45) is 0. The standard InChI is InChI=1S/C13H20N2O3/c1-8(2)11(7-16)15-10-6-13-12(5-9(10)14)17-3-4-18-13/h5-6,8,11,15-16H,3-4,7,14H2,1-2H3. The molecule has 0 amide bonds. The van der Waals surface area contributed by atoms with Crippen molar-refractivity contribution < 1.29 is 14.6 Å². The van der Waals surface area contributed by atoms with Crippen molar-refractivity contribution in [2.75, 3.05) is 30.9 Å². The Labute approximate surface area is 107 Å². The van der Waals surface area contributed by atoms with E-state index in [1.54, 1.807) is 6.07 Å². The molecule has 1 atom stereocenters. The quantitative estimate of drug-likeness (QED) is 0.707. The molecule has 100 valence electrons. The molecule has 1 unspecified atom stereocenters. The SMILES string of the molecule is CC(C)C(CO)Nc1cc2c(cc1N)OCCO2. The van der Waals surface area contributed by atoms with Gasteiger partial charge in [0.15, 0.2) is 11.5 Å². The molecule has 1 heterocycles. The molecule has 0 aromatic heterocycles. The maximum atomic E-state index is 9.33. The Bertz CT molecular complexity index is 421. The third kappa shape index (κ3) is 2.61. The third-order valence-corrected chi connectivity index (χ3v) is 3.06. The molecule has 0 spiro atoms. The Hall–Kier alpha value is -1.62. The van der Waals surface area contributed by atoms with E-state index < -0.39 is 0 Å². The third-order valence-electron chi connectivity index (χ3n) is 3.06. The Kier molecular flexibility index (Phi) is 3.81. The van der Waals surface area contributed by atoms with Crippen molar-refractivity contribution in [2.45, 2.75) is 19.9 Å². The second kappa shape index (κ2) is 5.35. The minimum Gasteiger partial charge on any atom is -0.486 e. The largest absolute Gasteiger partial charge is 0.486 e. The van der Waals surface area contributed by atoms with Crippen molar-refractivity contribution >= 4 is 11.4 Å². The minimum atomic E-state index is -0.0325. The van der Waals surface area contributed by atoms with E-state index in [1.165, 1.54) is 0 Å². The zero-order chi connectivity index (χ0) is 13.1. The van der Waals surface area contributed by atoms with Gasteiger partial charge in [0.1, 0.15) is 13.2 Å². The number of anilines is 2. The van der Waals surface area contributed by atoms with E-state index in [-0.39, 0.29) is 12.6 Å². The number of rotatable bonds is 4. The highest BCUT2D eigenvalue weighted by molar-refractivity contribution is 5.72. The predicted octanol–water partition coefficient (Wildman–Crippen LogP) is 1.47. The summed E-state index contributed by atoms with van der Waals surface area (Å²) in [5, 5.41) is 12.6. The van der Waals surface area contributed by atoms with Gasteiger partial charge in [-0.3, -0.25) is 0 Å². The van der Waals surface area contributed by atoms with Gasteiger partial charge < -0.3 is 25.6 Å². The second-order valence-electron chi connectivity index (χ2n) is 4.76. The lowest BCUT2D eigenvalue weighted by Crippen LogP contribution is -2.30. The summed E-state index contributed by atoms with van der Waals surface area (Å²) in [6.45, 7) is 5.24. The number of benzene rings is 1. The average molecular weight is 252 g/mol. The summed E-state index contributed by atoms with van der Waals surface area (Å²) >= 11 is 0. The molecule has 1 aliphatic heterocycles. The van der Waals surface area contributed by atoms with E-state index in [2.05, 4.69) is 5.32 Å². The van der Waals surface area contributed by atoms with Crippen LogP contribution >= 0.6 is 0 Å². The summed E-state index contributed by atoms with van der Waals surface area (Å²) < 4.78 is 11.0. The Balaban J connectivity index is 2.22. The maximum absolute atomic E-state index is 9.33. The molecular weight excluding hydrogens is 232 g/mol. The van der Waals surface area contributed by atoms with Crippen LogP contribution in [0, 0.1) is 5.92 Å². The van der Waals surface area contributed by atoms with Gasteiger partial charge in [-0.1, -0.05) is 13.8 Å². The Morgan fingerprint density at radius 2 is 1.89 bits per heavy atom. The van der Waals surface area contributed by atoms with Crippen LogP contribution in [0.3, 0.4) is 0 Å². The number of nitrogens with two attached hydrogens (primary N) is 1. The summed E-state index contributed by atoms with van der Waals surface area (Å²) in [7, 11) is 0. The molecule has 0 bridgehead atoms. The van der Waals surface area contributed by atoms with Crippen LogP contribution in [0.2, 0.25) is 0 Å². The molecule has 18 heavy (non-hydrogen) atoms. The average Bonchev–Trinajstić information content (AvgIpc) is 2.35. The number of hydrogen-bond acceptors (Lipinski definition) is 5. The van der Waals surface area contributed by atoms with Crippen molar-refractivity contribution in [1.29, 1.82) is 0 Å². The number of nitrogens with one attached hydrogen (secondary N) is 1. The first-order valence-corrected chi connectivity index (χ1v) is 6.18. The van der Waals surface area contributed by atoms with E-state index in [1.807, 2.05) is 19.9 Å². The van der Waals surface area contributed by atoms with Crippen LogP contribution in [0.25, 0.3) is 0 Å². The van der Waals surface area contributed by atoms with Gasteiger partial charge >= 0.3 is 0 Å². The van der Waals surface area contributed by atoms with Crippen LogP contribution in [-0.2, 0) is 0 Å².